The number of fused-ring (bicyclic) bond motifs is 4. The van der Waals surface area contributed by atoms with Crippen molar-refractivity contribution in [2.75, 3.05) is 38.8 Å². The highest BCUT2D eigenvalue weighted by Gasteiger charge is 2.44. The van der Waals surface area contributed by atoms with E-state index < -0.39 is 21.2 Å². The summed E-state index contributed by atoms with van der Waals surface area (Å²) in [5.74, 6) is 0.555. The first-order valence-corrected chi connectivity index (χ1v) is 18.5. The Labute approximate surface area is 278 Å². The summed E-state index contributed by atoms with van der Waals surface area (Å²) in [6.45, 7) is 5.80. The van der Waals surface area contributed by atoms with E-state index in [2.05, 4.69) is 33.9 Å². The molecule has 2 aromatic carbocycles. The summed E-state index contributed by atoms with van der Waals surface area (Å²) >= 11 is 6.43. The number of hydrogen-bond acceptors (Lipinski definition) is 7. The lowest BCUT2D eigenvalue weighted by molar-refractivity contribution is 0.0131. The van der Waals surface area contributed by atoms with E-state index in [1.54, 1.807) is 20.3 Å². The van der Waals surface area contributed by atoms with E-state index in [9.17, 15) is 13.2 Å². The molecule has 1 saturated carbocycles. The highest BCUT2D eigenvalue weighted by molar-refractivity contribution is 7.90. The van der Waals surface area contributed by atoms with Crippen molar-refractivity contribution in [3.63, 3.8) is 0 Å². The Kier molecular flexibility index (Phi) is 9.77. The molecule has 1 fully saturated rings. The first kappa shape index (κ1) is 33.3. The Morgan fingerprint density at radius 2 is 2.00 bits per heavy atom. The van der Waals surface area contributed by atoms with Gasteiger partial charge in [-0.1, -0.05) is 36.7 Å². The molecule has 1 N–H and O–H groups in total. The maximum atomic E-state index is 13.8. The summed E-state index contributed by atoms with van der Waals surface area (Å²) < 4.78 is 48.1. The van der Waals surface area contributed by atoms with Crippen molar-refractivity contribution < 1.29 is 27.4 Å². The quantitative estimate of drug-likeness (QED) is 0.382. The van der Waals surface area contributed by atoms with Crippen molar-refractivity contribution in [3.05, 3.63) is 70.3 Å². The molecule has 8 nitrogen and oxygen atoms in total. The summed E-state index contributed by atoms with van der Waals surface area (Å²) in [7, 11) is -0.700. The second-order valence-electron chi connectivity index (χ2n) is 13.9. The fourth-order valence-corrected chi connectivity index (χ4v) is 10.1. The average molecular weight is 671 g/mol. The Morgan fingerprint density at radius 1 is 1.17 bits per heavy atom. The Morgan fingerprint density at radius 3 is 2.74 bits per heavy atom. The van der Waals surface area contributed by atoms with Crippen molar-refractivity contribution in [1.29, 1.82) is 0 Å². The lowest BCUT2D eigenvalue weighted by Gasteiger charge is -2.46. The number of amides is 1. The van der Waals surface area contributed by atoms with Crippen LogP contribution in [0.2, 0.25) is 5.02 Å². The fourth-order valence-electron chi connectivity index (χ4n) is 8.12. The van der Waals surface area contributed by atoms with Crippen LogP contribution in [0.25, 0.3) is 0 Å². The van der Waals surface area contributed by atoms with Crippen LogP contribution < -0.4 is 14.4 Å². The first-order valence-electron chi connectivity index (χ1n) is 16.6. The summed E-state index contributed by atoms with van der Waals surface area (Å²) in [5.41, 5.74) is 3.42. The Balaban J connectivity index is 1.42. The summed E-state index contributed by atoms with van der Waals surface area (Å²) in [5, 5.41) is -0.0738. The van der Waals surface area contributed by atoms with Gasteiger partial charge >= 0.3 is 0 Å². The number of carbonyl (C=O) groups is 1. The van der Waals surface area contributed by atoms with Gasteiger partial charge in [-0.3, -0.25) is 4.79 Å². The molecular formula is C36H47ClN2O6S. The Hall–Kier alpha value is -2.59. The van der Waals surface area contributed by atoms with Gasteiger partial charge in [-0.2, -0.15) is 0 Å². The van der Waals surface area contributed by atoms with Gasteiger partial charge in [-0.05, 0) is 111 Å². The van der Waals surface area contributed by atoms with Crippen LogP contribution >= 0.6 is 11.6 Å². The van der Waals surface area contributed by atoms with Gasteiger partial charge in [-0.15, -0.1) is 0 Å². The van der Waals surface area contributed by atoms with Gasteiger partial charge in [0, 0.05) is 43.3 Å². The minimum absolute atomic E-state index is 0.0629. The second-order valence-corrected chi connectivity index (χ2v) is 16.3. The third kappa shape index (κ3) is 6.58. The molecule has 2 aliphatic carbocycles. The molecule has 250 valence electrons. The number of sulfonamides is 1. The smallest absolute Gasteiger partial charge is 0.264 e. The van der Waals surface area contributed by atoms with Gasteiger partial charge in [0.25, 0.3) is 5.91 Å². The van der Waals surface area contributed by atoms with Crippen LogP contribution in [0.15, 0.2) is 48.6 Å². The van der Waals surface area contributed by atoms with E-state index in [-0.39, 0.29) is 30.0 Å². The molecule has 6 rings (SSSR count). The molecular weight excluding hydrogens is 624 g/mol. The number of benzene rings is 2. The number of rotatable bonds is 4. The number of nitrogens with zero attached hydrogens (tertiary/aromatic N) is 1. The molecule has 10 heteroatoms. The van der Waals surface area contributed by atoms with Crippen LogP contribution in [0.5, 0.6) is 5.75 Å². The third-order valence-electron chi connectivity index (χ3n) is 11.0. The van der Waals surface area contributed by atoms with E-state index >= 15 is 0 Å². The normalized spacial score (nSPS) is 32.2. The van der Waals surface area contributed by atoms with Gasteiger partial charge in [0.05, 0.1) is 29.8 Å². The zero-order valence-corrected chi connectivity index (χ0v) is 28.9. The zero-order valence-electron chi connectivity index (χ0n) is 27.3. The molecule has 1 spiro atoms. The highest BCUT2D eigenvalue weighted by Crippen LogP contribution is 2.47. The Bertz CT molecular complexity index is 1580. The highest BCUT2D eigenvalue weighted by atomic mass is 35.5. The summed E-state index contributed by atoms with van der Waals surface area (Å²) in [6.07, 6.45) is 9.80. The molecule has 7 atom stereocenters. The van der Waals surface area contributed by atoms with Crippen molar-refractivity contribution in [2.24, 2.45) is 17.8 Å². The lowest BCUT2D eigenvalue weighted by atomic mass is 9.68. The van der Waals surface area contributed by atoms with E-state index in [4.69, 9.17) is 25.8 Å². The van der Waals surface area contributed by atoms with Crippen LogP contribution in [-0.4, -0.2) is 65.7 Å². The van der Waals surface area contributed by atoms with Gasteiger partial charge in [0.2, 0.25) is 10.0 Å². The van der Waals surface area contributed by atoms with Crippen molar-refractivity contribution in [3.8, 4) is 5.75 Å². The third-order valence-corrected chi connectivity index (χ3v) is 13.2. The number of aryl methyl sites for hydroxylation is 1. The minimum atomic E-state index is -4.03. The molecule has 2 aliphatic heterocycles. The van der Waals surface area contributed by atoms with Crippen LogP contribution in [-0.2, 0) is 31.3 Å². The molecule has 46 heavy (non-hydrogen) atoms. The van der Waals surface area contributed by atoms with E-state index in [0.29, 0.717) is 36.2 Å². The van der Waals surface area contributed by atoms with Crippen LogP contribution in [0, 0.1) is 17.8 Å². The molecule has 0 saturated heterocycles. The molecule has 1 amide bonds. The van der Waals surface area contributed by atoms with E-state index in [1.807, 2.05) is 32.0 Å². The van der Waals surface area contributed by atoms with Gasteiger partial charge < -0.3 is 19.1 Å². The predicted octanol–water partition coefficient (Wildman–Crippen LogP) is 6.30. The largest absolute Gasteiger partial charge is 0.490 e. The summed E-state index contributed by atoms with van der Waals surface area (Å²) in [4.78, 5) is 16.1. The molecule has 2 aromatic rings. The average Bonchev–Trinajstić information content (AvgIpc) is 3.17. The number of anilines is 1. The van der Waals surface area contributed by atoms with E-state index in [1.165, 1.54) is 11.1 Å². The molecule has 0 aromatic heterocycles. The maximum Gasteiger partial charge on any atom is 0.264 e. The molecule has 0 radical (unpaired) electrons. The molecule has 4 aliphatic rings. The first-order chi connectivity index (χ1) is 22.0. The fraction of sp³-hybridized carbons (Fsp3) is 0.583. The minimum Gasteiger partial charge on any atom is -0.490 e. The SMILES string of the molecule is CO[C@H](C)C[C@H]1[C@@H](C)C/C=C/[C@H](OC)[C@@H]2CC[C@H]2CN2C[C@@]3(CCCc4cc(Cl)ccc43)COc3ccc(cc32)C(=O)NS1(=O)=O. The monoisotopic (exact) mass is 670 g/mol. The van der Waals surface area contributed by atoms with Crippen LogP contribution in [0.4, 0.5) is 5.69 Å². The summed E-state index contributed by atoms with van der Waals surface area (Å²) in [6, 6.07) is 11.5. The molecule has 0 unspecified atom stereocenters. The number of hydrogen-bond donors (Lipinski definition) is 1. The number of allylic oxidation sites excluding steroid dienone is 1. The second kappa shape index (κ2) is 13.5. The van der Waals surface area contributed by atoms with E-state index in [0.717, 1.165) is 55.9 Å². The number of carbonyl (C=O) groups excluding carboxylic acids is 1. The molecule has 2 bridgehead atoms. The number of nitrogens with one attached hydrogen (secondary N) is 1. The van der Waals surface area contributed by atoms with Crippen molar-refractivity contribution in [1.82, 2.24) is 4.72 Å². The van der Waals surface area contributed by atoms with Crippen LogP contribution in [0.3, 0.4) is 0 Å². The lowest BCUT2D eigenvalue weighted by Crippen LogP contribution is -2.49. The van der Waals surface area contributed by atoms with Gasteiger partial charge in [-0.25, -0.2) is 13.1 Å². The zero-order chi connectivity index (χ0) is 32.6. The van der Waals surface area contributed by atoms with Crippen molar-refractivity contribution in [2.45, 2.75) is 81.7 Å². The topological polar surface area (TPSA) is 94.2 Å². The molecule has 2 heterocycles. The maximum absolute atomic E-state index is 13.8. The number of ether oxygens (including phenoxy) is 3. The standard InChI is InChI=1S/C36H47ClN2O6S/c1-23-7-5-9-32(44-4)29-13-10-27(29)20-39-21-36(16-6-8-25-18-28(37)12-14-30(25)36)22-45-33-15-11-26(19-31(33)39)35(40)38-46(41,42)34(23)17-24(2)43-3/h5,9,11-12,14-15,18-19,23-24,27,29,32,34H,6-8,10,13,16-17,20-22H2,1-4H3,(H,38,40)/b9-5+/t23-,24+,27-,29+,32-,34-,36-/m0/s1. The van der Waals surface area contributed by atoms with Gasteiger partial charge in [0.15, 0.2) is 0 Å². The number of halogens is 1. The predicted molar refractivity (Wildman–Crippen MR) is 181 cm³/mol. The number of methoxy groups -OCH3 is 2. The van der Waals surface area contributed by atoms with Gasteiger partial charge in [0.1, 0.15) is 5.75 Å². The van der Waals surface area contributed by atoms with Crippen LogP contribution in [0.1, 0.15) is 73.9 Å². The van der Waals surface area contributed by atoms with Crippen molar-refractivity contribution >= 4 is 33.2 Å².